The third-order valence-electron chi connectivity index (χ3n) is 14.8. The second-order valence-corrected chi connectivity index (χ2v) is 32.7. The summed E-state index contributed by atoms with van der Waals surface area (Å²) in [6.45, 7) is 10.4. The van der Waals surface area contributed by atoms with Crippen LogP contribution in [0.4, 0.5) is 0 Å². The van der Waals surface area contributed by atoms with Gasteiger partial charge in [0.15, 0.2) is 29.1 Å². The van der Waals surface area contributed by atoms with Gasteiger partial charge in [0.25, 0.3) is 33.8 Å². The fourth-order valence-electron chi connectivity index (χ4n) is 10.0. The van der Waals surface area contributed by atoms with Crippen molar-refractivity contribution < 1.29 is 32.0 Å². The summed E-state index contributed by atoms with van der Waals surface area (Å²) in [7, 11) is 0. The Labute approximate surface area is 649 Å². The van der Waals surface area contributed by atoms with Crippen LogP contribution in [-0.4, -0.2) is 84.1 Å². The number of nitrogens with zero attached hydrogens (tertiary/aromatic N) is 15. The average Bonchev–Trinajstić information content (AvgIpc) is 1.66. The predicted octanol–water partition coefficient (Wildman–Crippen LogP) is 11.7. The van der Waals surface area contributed by atoms with Crippen LogP contribution < -0.4 is 50.5 Å². The molecule has 0 aliphatic rings. The van der Waals surface area contributed by atoms with E-state index in [-0.39, 0.29) is 27.8 Å². The number of thiophene rings is 5. The van der Waals surface area contributed by atoms with E-state index in [9.17, 15) is 24.0 Å². The van der Waals surface area contributed by atoms with Gasteiger partial charge in [-0.2, -0.15) is 47.5 Å². The number of hydrogen-bond acceptors (Lipinski definition) is 31. The van der Waals surface area contributed by atoms with Gasteiger partial charge in [-0.05, 0) is 153 Å². The molecule has 0 saturated heterocycles. The third kappa shape index (κ3) is 16.4. The highest BCUT2D eigenvalue weighted by molar-refractivity contribution is 7.17. The van der Waals surface area contributed by atoms with E-state index in [4.69, 9.17) is 32.0 Å². The lowest BCUT2D eigenvalue weighted by Gasteiger charge is -1.84. The maximum Gasteiger partial charge on any atom is 0.300 e. The first-order chi connectivity index (χ1) is 52.7. The molecule has 0 unspecified atom stereocenters. The fraction of sp³-hybridized carbons (Fsp3) is 0.0833. The first kappa shape index (κ1) is 72.8. The van der Waals surface area contributed by atoms with Gasteiger partial charge in [0, 0.05) is 37.3 Å². The second-order valence-electron chi connectivity index (χ2n) is 22.9. The summed E-state index contributed by atoms with van der Waals surface area (Å²) in [5.74, 6) is 9.49. The molecule has 0 amide bonds. The number of carboxylic acid groups (broad SMARTS) is 1. The van der Waals surface area contributed by atoms with Gasteiger partial charge < -0.3 is 27.2 Å². The smallest absolute Gasteiger partial charge is 0.300 e. The molecule has 0 aliphatic carbocycles. The van der Waals surface area contributed by atoms with E-state index in [0.29, 0.717) is 105 Å². The van der Waals surface area contributed by atoms with Crippen molar-refractivity contribution in [1.82, 2.24) is 73.0 Å². The van der Waals surface area contributed by atoms with E-state index < -0.39 is 5.97 Å². The van der Waals surface area contributed by atoms with E-state index in [1.54, 1.807) is 87.1 Å². The maximum absolute atomic E-state index is 12.3. The molecule has 544 valence electrons. The van der Waals surface area contributed by atoms with Crippen molar-refractivity contribution in [2.75, 3.05) is 0 Å². The number of hydrogen-bond donors (Lipinski definition) is 1. The molecule has 20 aromatic rings. The maximum atomic E-state index is 12.3. The number of carboxylic acids is 1. The van der Waals surface area contributed by atoms with E-state index in [1.807, 2.05) is 183 Å². The van der Waals surface area contributed by atoms with Crippen molar-refractivity contribution in [1.29, 1.82) is 0 Å². The fourth-order valence-corrected chi connectivity index (χ4v) is 17.7. The zero-order valence-corrected chi connectivity index (χ0v) is 65.2. The quantitative estimate of drug-likeness (QED) is 0.133. The Balaban J connectivity index is 0.000000107. The van der Waals surface area contributed by atoms with Crippen LogP contribution in [0.15, 0.2) is 194 Å². The molecule has 0 fully saturated rings. The molecule has 0 radical (unpaired) electrons. The van der Waals surface area contributed by atoms with Gasteiger partial charge >= 0.3 is 0 Å². The van der Waals surface area contributed by atoms with Crippen LogP contribution >= 0.6 is 113 Å². The number of thiazole rings is 5. The van der Waals surface area contributed by atoms with E-state index in [1.165, 1.54) is 79.3 Å². The van der Waals surface area contributed by atoms with Crippen LogP contribution in [0.25, 0.3) is 109 Å². The van der Waals surface area contributed by atoms with Crippen molar-refractivity contribution in [3.05, 3.63) is 280 Å². The van der Waals surface area contributed by atoms with Gasteiger partial charge in [-0.25, -0.2) is 0 Å². The van der Waals surface area contributed by atoms with Crippen LogP contribution in [-0.2, 0) is 4.79 Å². The zero-order chi connectivity index (χ0) is 75.6. The lowest BCUT2D eigenvalue weighted by atomic mass is 10.4. The molecule has 1 N–H and O–H groups in total. The van der Waals surface area contributed by atoms with Gasteiger partial charge in [0.05, 0.1) is 24.4 Å². The Morgan fingerprint density at radius 3 is 0.615 bits per heavy atom. The number of aromatic nitrogens is 15. The minimum atomic E-state index is -0.833. The third-order valence-corrected chi connectivity index (χ3v) is 23.9. The molecule has 0 atom stereocenters. The van der Waals surface area contributed by atoms with Crippen molar-refractivity contribution in [3.8, 4) is 53.5 Å². The summed E-state index contributed by atoms with van der Waals surface area (Å²) in [5, 5.41) is 38.6. The van der Waals surface area contributed by atoms with Gasteiger partial charge in [-0.15, -0.1) is 82.2 Å². The lowest BCUT2D eigenvalue weighted by molar-refractivity contribution is -0.134. The van der Waals surface area contributed by atoms with E-state index in [0.717, 1.165) is 60.1 Å². The molecule has 0 aliphatic heterocycles. The largest absolute Gasteiger partial charge is 0.481 e. The highest BCUT2D eigenvalue weighted by atomic mass is 32.1. The molecule has 0 bridgehead atoms. The summed E-state index contributed by atoms with van der Waals surface area (Å²) in [5.41, 5.74) is -0.836. The first-order valence-corrected chi connectivity index (χ1v) is 40.5. The predicted molar refractivity (Wildman–Crippen MR) is 427 cm³/mol. The molecule has 37 heteroatoms. The second kappa shape index (κ2) is 31.6. The number of carbonyl (C=O) groups is 1. The summed E-state index contributed by atoms with van der Waals surface area (Å²) < 4.78 is 36.9. The molecular formula is C72H49N15O12S10. The molecule has 0 saturated carbocycles. The highest BCUT2D eigenvalue weighted by Crippen LogP contribution is 2.27. The molecule has 109 heavy (non-hydrogen) atoms. The molecule has 20 rings (SSSR count). The Morgan fingerprint density at radius 2 is 0.486 bits per heavy atom. The Bertz CT molecular complexity index is 6230. The molecular weight excluding hydrogens is 1590 g/mol. The van der Waals surface area contributed by atoms with Gasteiger partial charge in [-0.1, -0.05) is 87.0 Å². The van der Waals surface area contributed by atoms with Gasteiger partial charge in [0.2, 0.25) is 24.8 Å². The number of aryl methyl sites for hydroxylation is 5. The van der Waals surface area contributed by atoms with Crippen molar-refractivity contribution >= 4 is 175 Å². The monoisotopic (exact) mass is 1640 g/mol. The number of rotatable bonds is 10. The Hall–Kier alpha value is -11.8. The van der Waals surface area contributed by atoms with E-state index >= 15 is 0 Å². The Morgan fingerprint density at radius 1 is 0.312 bits per heavy atom. The first-order valence-electron chi connectivity index (χ1n) is 32.0. The van der Waals surface area contributed by atoms with Crippen LogP contribution in [0.5, 0.6) is 0 Å². The highest BCUT2D eigenvalue weighted by Gasteiger charge is 2.19. The summed E-state index contributed by atoms with van der Waals surface area (Å²) in [6.07, 6.45) is 8.62. The summed E-state index contributed by atoms with van der Waals surface area (Å²) in [4.78, 5) is 100. The van der Waals surface area contributed by atoms with Crippen molar-refractivity contribution in [2.45, 2.75) is 41.5 Å². The van der Waals surface area contributed by atoms with Crippen molar-refractivity contribution in [2.24, 2.45) is 0 Å². The molecule has 20 aromatic heterocycles. The minimum Gasteiger partial charge on any atom is -0.481 e. The summed E-state index contributed by atoms with van der Waals surface area (Å²) in [6, 6.07) is 37.9. The van der Waals surface area contributed by atoms with Crippen LogP contribution in [0.3, 0.4) is 0 Å². The summed E-state index contributed by atoms with van der Waals surface area (Å²) >= 11 is 14.3. The molecule has 27 nitrogen and oxygen atoms in total. The van der Waals surface area contributed by atoms with Crippen LogP contribution in [0.2, 0.25) is 0 Å². The number of aliphatic carboxylic acids is 1. The molecule has 0 aromatic carbocycles. The Kier molecular flexibility index (Phi) is 21.1. The van der Waals surface area contributed by atoms with Crippen LogP contribution in [0, 0.1) is 34.6 Å². The topological polar surface area (TPSA) is 339 Å². The van der Waals surface area contributed by atoms with Crippen LogP contribution in [0.1, 0.15) is 64.5 Å². The SMILES string of the molecule is CC(=O)O.Cc1ccc(/C=c2\sc3nc(-c4cccs4)nn3c2=O)o1.Cc1ccc(/C=c2\sc3nc(-c4cccs4)nn3c2=O)o1.Cc1ccc(/C=c2\sc3nc(-c4cccs4)nn3c2=O)o1.Cc1ccc(/C=c2\sc3nc(-c4cccs4)nn3c2=O)o1.Cc1ccc(/C=c2\sc3nc(-c4cccs4)nn3c2=O)o1. The average molecular weight is 1640 g/mol. The molecule has 20 heterocycles. The minimum absolute atomic E-state index is 0.167. The van der Waals surface area contributed by atoms with Gasteiger partial charge in [-0.3, -0.25) is 28.8 Å². The van der Waals surface area contributed by atoms with E-state index in [2.05, 4.69) is 50.4 Å². The standard InChI is InChI=1S/5C14H9N3O2S2.C2H4O2/c5*1-8-4-5-9(19-8)7-11-13(18)17-14(21-11)15-12(16-17)10-3-2-6-20-10;1-2(3)4/h5*2-7H,1H3;1H3,(H,3,4)/b5*11-7-;. The number of fused-ring (bicyclic) bond motifs is 5. The molecule has 0 spiro atoms. The lowest BCUT2D eigenvalue weighted by Crippen LogP contribution is -2.23. The van der Waals surface area contributed by atoms with Gasteiger partial charge in [0.1, 0.15) is 80.3 Å². The van der Waals surface area contributed by atoms with Crippen molar-refractivity contribution in [3.63, 3.8) is 0 Å². The normalized spacial score (nSPS) is 12.3. The zero-order valence-electron chi connectivity index (χ0n) is 57.0. The number of furan rings is 5.